The molecule has 0 radical (unpaired) electrons. The van der Waals surface area contributed by atoms with Crippen molar-refractivity contribution in [1.29, 1.82) is 0 Å². The fraction of sp³-hybridized carbons (Fsp3) is 0.0526. The summed E-state index contributed by atoms with van der Waals surface area (Å²) in [5, 5.41) is 5.07. The SMILES string of the molecule is CC1(C)c2ccccc2-c2ccc(N(c3ccc(-c4ccccc4)cc3)c3cc(-c4ccc5c6ccccc6n(-c6ccccc6)c5c4)c4sc5ccccc5c4c3)cc21. The summed E-state index contributed by atoms with van der Waals surface area (Å²) in [7, 11) is 0. The van der Waals surface area contributed by atoms with Crippen LogP contribution in [0, 0.1) is 0 Å². The number of benzene rings is 9. The van der Waals surface area contributed by atoms with Crippen LogP contribution in [0.4, 0.5) is 17.1 Å². The quantitative estimate of drug-likeness (QED) is 0.163. The number of thiophene rings is 1. The monoisotopic (exact) mass is 784 g/mol. The van der Waals surface area contributed by atoms with Crippen molar-refractivity contribution < 1.29 is 0 Å². The first-order valence-corrected chi connectivity index (χ1v) is 21.6. The number of aromatic nitrogens is 1. The number of rotatable bonds is 6. The van der Waals surface area contributed by atoms with Crippen molar-refractivity contribution >= 4 is 70.4 Å². The van der Waals surface area contributed by atoms with Crippen LogP contribution in [0.1, 0.15) is 25.0 Å². The highest BCUT2D eigenvalue weighted by molar-refractivity contribution is 7.26. The smallest absolute Gasteiger partial charge is 0.0547 e. The lowest BCUT2D eigenvalue weighted by molar-refractivity contribution is 0.660. The van der Waals surface area contributed by atoms with Gasteiger partial charge in [-0.1, -0.05) is 153 Å². The first-order chi connectivity index (χ1) is 29.5. The molecule has 2 aromatic heterocycles. The number of anilines is 3. The number of nitrogens with zero attached hydrogens (tertiary/aromatic N) is 2. The van der Waals surface area contributed by atoms with E-state index in [2.05, 4.69) is 230 Å². The van der Waals surface area contributed by atoms with Gasteiger partial charge in [-0.25, -0.2) is 0 Å². The van der Waals surface area contributed by atoms with E-state index in [0.29, 0.717) is 0 Å². The third-order valence-corrected chi connectivity index (χ3v) is 14.0. The van der Waals surface area contributed by atoms with Crippen LogP contribution in [0.25, 0.3) is 81.0 Å². The predicted molar refractivity (Wildman–Crippen MR) is 257 cm³/mol. The Bertz CT molecular complexity index is 3450. The summed E-state index contributed by atoms with van der Waals surface area (Å²) >= 11 is 1.89. The second-order valence-corrected chi connectivity index (χ2v) is 17.6. The molecule has 0 N–H and O–H groups in total. The molecule has 0 amide bonds. The Labute approximate surface area is 353 Å². The molecule has 1 aliphatic rings. The molecule has 2 heterocycles. The van der Waals surface area contributed by atoms with Gasteiger partial charge in [0.2, 0.25) is 0 Å². The predicted octanol–water partition coefficient (Wildman–Crippen LogP) is 16.3. The van der Waals surface area contributed by atoms with Crippen LogP contribution in [0.2, 0.25) is 0 Å². The molecule has 12 rings (SSSR count). The van der Waals surface area contributed by atoms with E-state index in [0.717, 1.165) is 22.7 Å². The second-order valence-electron chi connectivity index (χ2n) is 16.5. The Hall–Kier alpha value is -7.20. The van der Waals surface area contributed by atoms with Gasteiger partial charge in [-0.05, 0) is 106 Å². The highest BCUT2D eigenvalue weighted by Gasteiger charge is 2.36. The highest BCUT2D eigenvalue weighted by Crippen LogP contribution is 2.52. The first-order valence-electron chi connectivity index (χ1n) is 20.8. The average Bonchev–Trinajstić information content (AvgIpc) is 3.92. The van der Waals surface area contributed by atoms with E-state index < -0.39 is 0 Å². The Kier molecular flexibility index (Phi) is 7.79. The third-order valence-electron chi connectivity index (χ3n) is 12.8. The van der Waals surface area contributed by atoms with Gasteiger partial charge in [0.25, 0.3) is 0 Å². The van der Waals surface area contributed by atoms with Gasteiger partial charge in [0.15, 0.2) is 0 Å². The number of fused-ring (bicyclic) bond motifs is 9. The minimum Gasteiger partial charge on any atom is -0.310 e. The van der Waals surface area contributed by atoms with Crippen molar-refractivity contribution in [2.24, 2.45) is 0 Å². The van der Waals surface area contributed by atoms with Crippen molar-refractivity contribution in [3.8, 4) is 39.1 Å². The number of para-hydroxylation sites is 2. The lowest BCUT2D eigenvalue weighted by Crippen LogP contribution is -2.16. The van der Waals surface area contributed by atoms with Crippen molar-refractivity contribution in [2.45, 2.75) is 19.3 Å². The summed E-state index contributed by atoms with van der Waals surface area (Å²) in [5.41, 5.74) is 17.1. The first kappa shape index (κ1) is 34.8. The van der Waals surface area contributed by atoms with Gasteiger partial charge in [-0.2, -0.15) is 0 Å². The molecule has 0 saturated heterocycles. The average molecular weight is 785 g/mol. The van der Waals surface area contributed by atoms with Gasteiger partial charge in [-0.3, -0.25) is 0 Å². The van der Waals surface area contributed by atoms with Crippen LogP contribution in [-0.2, 0) is 5.41 Å². The Morgan fingerprint density at radius 3 is 1.87 bits per heavy atom. The Balaban J connectivity index is 1.11. The molecular weight excluding hydrogens is 745 g/mol. The summed E-state index contributed by atoms with van der Waals surface area (Å²) in [6, 6.07) is 76.2. The standard InChI is InChI=1S/C57H40N2S/c1-57(2)51-22-12-9-19-44(51)45-32-30-42(36-52(45)57)58(41-28-25-38(26-29-41)37-15-5-3-6-16-37)43-34-49(56-50(35-43)48-21-11-14-24-55(48)60-56)39-27-31-47-46-20-10-13-23-53(46)59(54(47)33-39)40-17-7-4-8-18-40/h3-36H,1-2H3. The van der Waals surface area contributed by atoms with E-state index in [1.807, 2.05) is 11.3 Å². The van der Waals surface area contributed by atoms with Gasteiger partial charge in [0.1, 0.15) is 0 Å². The minimum atomic E-state index is -0.129. The van der Waals surface area contributed by atoms with Crippen LogP contribution in [-0.4, -0.2) is 4.57 Å². The van der Waals surface area contributed by atoms with Crippen LogP contribution in [0.3, 0.4) is 0 Å². The van der Waals surface area contributed by atoms with Gasteiger partial charge < -0.3 is 9.47 Å². The van der Waals surface area contributed by atoms with E-state index in [1.165, 1.54) is 86.5 Å². The Morgan fingerprint density at radius 2 is 1.03 bits per heavy atom. The minimum absolute atomic E-state index is 0.129. The number of hydrogen-bond donors (Lipinski definition) is 0. The summed E-state index contributed by atoms with van der Waals surface area (Å²) in [5.74, 6) is 0. The third kappa shape index (κ3) is 5.33. The molecule has 0 aliphatic heterocycles. The molecule has 0 fully saturated rings. The van der Waals surface area contributed by atoms with Crippen molar-refractivity contribution in [3.05, 3.63) is 217 Å². The normalized spacial score (nSPS) is 13.0. The molecule has 0 bridgehead atoms. The summed E-state index contributed by atoms with van der Waals surface area (Å²) in [4.78, 5) is 2.48. The fourth-order valence-corrected chi connectivity index (χ4v) is 11.1. The molecule has 1 aliphatic carbocycles. The van der Waals surface area contributed by atoms with Crippen LogP contribution in [0.5, 0.6) is 0 Å². The molecule has 284 valence electrons. The zero-order valence-electron chi connectivity index (χ0n) is 33.4. The lowest BCUT2D eigenvalue weighted by Gasteiger charge is -2.29. The molecule has 0 unspecified atom stereocenters. The van der Waals surface area contributed by atoms with E-state index >= 15 is 0 Å². The zero-order valence-corrected chi connectivity index (χ0v) is 34.2. The molecule has 11 aromatic rings. The maximum absolute atomic E-state index is 2.48. The van der Waals surface area contributed by atoms with Crippen molar-refractivity contribution in [2.75, 3.05) is 4.90 Å². The molecule has 9 aromatic carbocycles. The van der Waals surface area contributed by atoms with Gasteiger partial charge in [0, 0.05) is 64.7 Å². The van der Waals surface area contributed by atoms with E-state index in [9.17, 15) is 0 Å². The molecular formula is C57H40N2S. The van der Waals surface area contributed by atoms with Crippen molar-refractivity contribution in [1.82, 2.24) is 4.57 Å². The van der Waals surface area contributed by atoms with E-state index in [1.54, 1.807) is 0 Å². The van der Waals surface area contributed by atoms with Gasteiger partial charge >= 0.3 is 0 Å². The molecule has 60 heavy (non-hydrogen) atoms. The van der Waals surface area contributed by atoms with E-state index in [-0.39, 0.29) is 5.41 Å². The maximum atomic E-state index is 2.48. The lowest BCUT2D eigenvalue weighted by atomic mass is 9.82. The fourth-order valence-electron chi connectivity index (χ4n) is 9.86. The van der Waals surface area contributed by atoms with Gasteiger partial charge in [0.05, 0.1) is 11.0 Å². The molecule has 0 spiro atoms. The maximum Gasteiger partial charge on any atom is 0.0547 e. The molecule has 0 saturated carbocycles. The highest BCUT2D eigenvalue weighted by atomic mass is 32.1. The molecule has 0 atom stereocenters. The zero-order chi connectivity index (χ0) is 40.0. The molecule has 2 nitrogen and oxygen atoms in total. The largest absolute Gasteiger partial charge is 0.310 e. The Morgan fingerprint density at radius 1 is 0.400 bits per heavy atom. The summed E-state index contributed by atoms with van der Waals surface area (Å²) < 4.78 is 5.01. The van der Waals surface area contributed by atoms with Crippen LogP contribution < -0.4 is 4.90 Å². The topological polar surface area (TPSA) is 8.17 Å². The summed E-state index contributed by atoms with van der Waals surface area (Å²) in [6.07, 6.45) is 0. The van der Waals surface area contributed by atoms with Crippen LogP contribution in [0.15, 0.2) is 206 Å². The second kappa shape index (κ2) is 13.4. The van der Waals surface area contributed by atoms with Gasteiger partial charge in [-0.15, -0.1) is 11.3 Å². The van der Waals surface area contributed by atoms with E-state index in [4.69, 9.17) is 0 Å². The number of hydrogen-bond acceptors (Lipinski definition) is 2. The van der Waals surface area contributed by atoms with Crippen molar-refractivity contribution in [3.63, 3.8) is 0 Å². The molecule has 3 heteroatoms. The summed E-state index contributed by atoms with van der Waals surface area (Å²) in [6.45, 7) is 4.74. The van der Waals surface area contributed by atoms with Crippen LogP contribution >= 0.6 is 11.3 Å².